The Balaban J connectivity index is 2.14. The van der Waals surface area contributed by atoms with Crippen molar-refractivity contribution >= 4 is 22.7 Å². The van der Waals surface area contributed by atoms with Gasteiger partial charge in [0.15, 0.2) is 5.78 Å². The number of aryl methyl sites for hydroxylation is 1. The number of benzene rings is 1. The summed E-state index contributed by atoms with van der Waals surface area (Å²) in [7, 11) is 0. The first-order valence-electron chi connectivity index (χ1n) is 7.63. The van der Waals surface area contributed by atoms with Gasteiger partial charge in [0, 0.05) is 11.1 Å². The van der Waals surface area contributed by atoms with Gasteiger partial charge in [-0.2, -0.15) is 0 Å². The minimum Gasteiger partial charge on any atom is -0.454 e. The first-order valence-corrected chi connectivity index (χ1v) is 7.63. The molecular formula is C18H19NO3. The second kappa shape index (κ2) is 5.87. The number of carbonyl (C=O) groups excluding carboxylic acids is 2. The molecule has 4 nitrogen and oxygen atoms in total. The molecule has 0 saturated heterocycles. The van der Waals surface area contributed by atoms with E-state index in [1.165, 1.54) is 6.92 Å². The van der Waals surface area contributed by atoms with Crippen molar-refractivity contribution in [3.05, 3.63) is 41.1 Å². The normalized spacial score (nSPS) is 17.1. The van der Waals surface area contributed by atoms with Crippen LogP contribution in [0.3, 0.4) is 0 Å². The van der Waals surface area contributed by atoms with Crippen LogP contribution in [0.4, 0.5) is 0 Å². The van der Waals surface area contributed by atoms with Crippen LogP contribution in [0.5, 0.6) is 0 Å². The van der Waals surface area contributed by atoms with Crippen LogP contribution in [0, 0.1) is 5.92 Å². The zero-order chi connectivity index (χ0) is 15.7. The van der Waals surface area contributed by atoms with Gasteiger partial charge in [-0.3, -0.25) is 9.78 Å². The number of carbonyl (C=O) groups is 2. The maximum atomic E-state index is 12.5. The monoisotopic (exact) mass is 297 g/mol. The Hall–Kier alpha value is -2.23. The van der Waals surface area contributed by atoms with Crippen LogP contribution in [0.15, 0.2) is 24.3 Å². The molecule has 1 aliphatic carbocycles. The zero-order valence-corrected chi connectivity index (χ0v) is 12.9. The molecule has 0 aliphatic heterocycles. The predicted octanol–water partition coefficient (Wildman–Crippen LogP) is 3.11. The average Bonchev–Trinajstić information content (AvgIpc) is 2.50. The third kappa shape index (κ3) is 2.73. The van der Waals surface area contributed by atoms with Crippen LogP contribution in [0.25, 0.3) is 10.9 Å². The molecule has 0 radical (unpaired) electrons. The van der Waals surface area contributed by atoms with E-state index in [0.29, 0.717) is 11.5 Å². The lowest BCUT2D eigenvalue weighted by atomic mass is 9.84. The lowest BCUT2D eigenvalue weighted by Crippen LogP contribution is -2.20. The highest BCUT2D eigenvalue weighted by Crippen LogP contribution is 2.31. The van der Waals surface area contributed by atoms with E-state index in [-0.39, 0.29) is 12.4 Å². The molecule has 0 saturated carbocycles. The van der Waals surface area contributed by atoms with Gasteiger partial charge in [0.05, 0.1) is 11.1 Å². The van der Waals surface area contributed by atoms with Crippen molar-refractivity contribution in [1.29, 1.82) is 0 Å². The van der Waals surface area contributed by atoms with E-state index < -0.39 is 5.97 Å². The van der Waals surface area contributed by atoms with Crippen molar-refractivity contribution in [2.45, 2.75) is 33.1 Å². The Morgan fingerprint density at radius 1 is 1.32 bits per heavy atom. The Kier molecular flexibility index (Phi) is 3.92. The van der Waals surface area contributed by atoms with Gasteiger partial charge in [0.25, 0.3) is 0 Å². The third-order valence-electron chi connectivity index (χ3n) is 4.12. The molecule has 1 atom stereocenters. The second-order valence-electron chi connectivity index (χ2n) is 6.06. The summed E-state index contributed by atoms with van der Waals surface area (Å²) < 4.78 is 5.18. The molecule has 1 aromatic heterocycles. The Labute approximate surface area is 129 Å². The highest BCUT2D eigenvalue weighted by atomic mass is 16.5. The Morgan fingerprint density at radius 3 is 2.86 bits per heavy atom. The van der Waals surface area contributed by atoms with Crippen molar-refractivity contribution in [1.82, 2.24) is 4.98 Å². The molecule has 22 heavy (non-hydrogen) atoms. The molecule has 1 aromatic carbocycles. The summed E-state index contributed by atoms with van der Waals surface area (Å²) in [5.74, 6) is -0.0529. The summed E-state index contributed by atoms with van der Waals surface area (Å²) in [6.07, 6.45) is 2.80. The topological polar surface area (TPSA) is 56.3 Å². The lowest BCUT2D eigenvalue weighted by molar-refractivity contribution is -0.120. The number of ether oxygens (including phenoxy) is 1. The number of nitrogens with zero attached hydrogens (tertiary/aromatic N) is 1. The van der Waals surface area contributed by atoms with Crippen LogP contribution >= 0.6 is 0 Å². The number of esters is 1. The predicted molar refractivity (Wildman–Crippen MR) is 83.9 cm³/mol. The van der Waals surface area contributed by atoms with Crippen molar-refractivity contribution in [3.8, 4) is 0 Å². The number of hydrogen-bond acceptors (Lipinski definition) is 4. The maximum absolute atomic E-state index is 12.5. The molecule has 4 heteroatoms. The van der Waals surface area contributed by atoms with Gasteiger partial charge in [0.1, 0.15) is 6.61 Å². The van der Waals surface area contributed by atoms with E-state index in [1.807, 2.05) is 24.3 Å². The molecule has 1 unspecified atom stereocenters. The quantitative estimate of drug-likeness (QED) is 0.817. The van der Waals surface area contributed by atoms with Crippen LogP contribution in [-0.2, 0) is 22.4 Å². The van der Waals surface area contributed by atoms with Gasteiger partial charge in [-0.05, 0) is 43.7 Å². The smallest absolute Gasteiger partial charge is 0.339 e. The summed E-state index contributed by atoms with van der Waals surface area (Å²) in [6, 6.07) is 7.62. The van der Waals surface area contributed by atoms with Crippen molar-refractivity contribution in [2.75, 3.05) is 6.61 Å². The Morgan fingerprint density at radius 2 is 2.09 bits per heavy atom. The number of rotatable bonds is 3. The summed E-state index contributed by atoms with van der Waals surface area (Å²) in [6.45, 7) is 3.41. The molecule has 0 spiro atoms. The first kappa shape index (κ1) is 14.7. The zero-order valence-electron chi connectivity index (χ0n) is 12.9. The lowest BCUT2D eigenvalue weighted by Gasteiger charge is -2.24. The fourth-order valence-electron chi connectivity index (χ4n) is 3.04. The minimum atomic E-state index is -0.417. The summed E-state index contributed by atoms with van der Waals surface area (Å²) in [5, 5.41) is 0.809. The molecule has 0 N–H and O–H groups in total. The number of ketones is 1. The minimum absolute atomic E-state index is 0.158. The number of fused-ring (bicyclic) bond motifs is 2. The molecule has 0 fully saturated rings. The van der Waals surface area contributed by atoms with Gasteiger partial charge in [-0.15, -0.1) is 0 Å². The molecule has 2 aromatic rings. The number of Topliss-reactive ketones (excluding diaryl/α,β-unsaturated/α-hetero) is 1. The van der Waals surface area contributed by atoms with Crippen LogP contribution in [-0.4, -0.2) is 23.3 Å². The van der Waals surface area contributed by atoms with Gasteiger partial charge < -0.3 is 4.74 Å². The number of aromatic nitrogens is 1. The van der Waals surface area contributed by atoms with Crippen LogP contribution in [0.1, 0.15) is 41.9 Å². The van der Waals surface area contributed by atoms with E-state index in [2.05, 4.69) is 6.92 Å². The fraction of sp³-hybridized carbons (Fsp3) is 0.389. The van der Waals surface area contributed by atoms with E-state index >= 15 is 0 Å². The Bertz CT molecular complexity index is 751. The maximum Gasteiger partial charge on any atom is 0.339 e. The molecule has 0 bridgehead atoms. The summed E-state index contributed by atoms with van der Waals surface area (Å²) in [5.41, 5.74) is 3.39. The molecule has 1 aliphatic rings. The molecule has 1 heterocycles. The second-order valence-corrected chi connectivity index (χ2v) is 6.06. The first-order chi connectivity index (χ1) is 10.6. The van der Waals surface area contributed by atoms with Crippen LogP contribution < -0.4 is 0 Å². The summed E-state index contributed by atoms with van der Waals surface area (Å²) >= 11 is 0. The highest BCUT2D eigenvalue weighted by Gasteiger charge is 2.26. The number of hydrogen-bond donors (Lipinski definition) is 0. The number of para-hydroxylation sites is 1. The fourth-order valence-corrected chi connectivity index (χ4v) is 3.04. The highest BCUT2D eigenvalue weighted by molar-refractivity contribution is 6.05. The third-order valence-corrected chi connectivity index (χ3v) is 4.12. The van der Waals surface area contributed by atoms with E-state index in [9.17, 15) is 9.59 Å². The van der Waals surface area contributed by atoms with Crippen molar-refractivity contribution in [3.63, 3.8) is 0 Å². The van der Waals surface area contributed by atoms with Crippen LogP contribution in [0.2, 0.25) is 0 Å². The molecular weight excluding hydrogens is 278 g/mol. The van der Waals surface area contributed by atoms with Gasteiger partial charge in [-0.1, -0.05) is 25.1 Å². The van der Waals surface area contributed by atoms with Crippen molar-refractivity contribution < 1.29 is 14.3 Å². The molecule has 114 valence electrons. The average molecular weight is 297 g/mol. The van der Waals surface area contributed by atoms with Crippen molar-refractivity contribution in [2.24, 2.45) is 5.92 Å². The van der Waals surface area contributed by atoms with E-state index in [4.69, 9.17) is 9.72 Å². The SMILES string of the molecule is CC(=O)COC(=O)c1c2c(nc3ccccc13)CCC(C)C2. The van der Waals surface area contributed by atoms with Gasteiger partial charge in [0.2, 0.25) is 0 Å². The van der Waals surface area contributed by atoms with E-state index in [0.717, 1.165) is 41.4 Å². The van der Waals surface area contributed by atoms with Gasteiger partial charge >= 0.3 is 5.97 Å². The van der Waals surface area contributed by atoms with Gasteiger partial charge in [-0.25, -0.2) is 4.79 Å². The van der Waals surface area contributed by atoms with E-state index in [1.54, 1.807) is 0 Å². The summed E-state index contributed by atoms with van der Waals surface area (Å²) in [4.78, 5) is 28.3. The molecule has 3 rings (SSSR count). The molecule has 0 amide bonds. The standard InChI is InChI=1S/C18H19NO3/c1-11-7-8-16-14(9-11)17(18(21)22-10-12(2)20)13-5-3-4-6-15(13)19-16/h3-6,11H,7-10H2,1-2H3. The number of pyridine rings is 1. The largest absolute Gasteiger partial charge is 0.454 e.